The zero-order valence-electron chi connectivity index (χ0n) is 8.57. The number of nitrogens with two attached hydrogens (primary N) is 1. The van der Waals surface area contributed by atoms with Crippen LogP contribution in [0.2, 0.25) is 0 Å². The minimum absolute atomic E-state index is 0.308. The highest BCUT2D eigenvalue weighted by atomic mass is 16.5. The average molecular weight is 194 g/mol. The van der Waals surface area contributed by atoms with E-state index in [4.69, 9.17) is 10.5 Å². The summed E-state index contributed by atoms with van der Waals surface area (Å²) in [5.74, 6) is 0.0469. The summed E-state index contributed by atoms with van der Waals surface area (Å²) >= 11 is 0. The second kappa shape index (κ2) is 3.65. The van der Waals surface area contributed by atoms with Gasteiger partial charge < -0.3 is 10.5 Å². The average Bonchev–Trinajstić information content (AvgIpc) is 2.01. The topological polar surface area (TPSA) is 65.2 Å². The lowest BCUT2D eigenvalue weighted by molar-refractivity contribution is 0.0996. The van der Waals surface area contributed by atoms with Crippen LogP contribution < -0.4 is 10.5 Å². The fourth-order valence-corrected chi connectivity index (χ4v) is 0.963. The molecule has 14 heavy (non-hydrogen) atoms. The maximum atomic E-state index is 10.8. The van der Waals surface area contributed by atoms with E-state index in [9.17, 15) is 4.79 Å². The van der Waals surface area contributed by atoms with Crippen molar-refractivity contribution in [1.82, 2.24) is 4.98 Å². The van der Waals surface area contributed by atoms with Gasteiger partial charge in [-0.3, -0.25) is 9.78 Å². The van der Waals surface area contributed by atoms with Gasteiger partial charge in [0, 0.05) is 6.20 Å². The van der Waals surface area contributed by atoms with Crippen molar-refractivity contribution in [3.8, 4) is 5.75 Å². The molecule has 4 nitrogen and oxygen atoms in total. The van der Waals surface area contributed by atoms with E-state index in [0.717, 1.165) is 0 Å². The molecule has 0 aliphatic heterocycles. The number of pyridine rings is 1. The second-order valence-electron chi connectivity index (χ2n) is 3.99. The van der Waals surface area contributed by atoms with E-state index in [2.05, 4.69) is 4.98 Å². The molecule has 0 aromatic carbocycles. The van der Waals surface area contributed by atoms with Crippen LogP contribution in [0.25, 0.3) is 0 Å². The third kappa shape index (κ3) is 3.05. The van der Waals surface area contributed by atoms with Gasteiger partial charge in [0.1, 0.15) is 11.4 Å². The van der Waals surface area contributed by atoms with Gasteiger partial charge in [0.2, 0.25) is 5.91 Å². The normalized spacial score (nSPS) is 11.1. The number of aromatic nitrogens is 1. The molecule has 1 heterocycles. The van der Waals surface area contributed by atoms with Crippen molar-refractivity contribution in [2.24, 2.45) is 5.73 Å². The van der Waals surface area contributed by atoms with E-state index < -0.39 is 5.91 Å². The Kier molecular flexibility index (Phi) is 2.74. The minimum atomic E-state index is -0.503. The lowest BCUT2D eigenvalue weighted by atomic mass is 10.2. The molecule has 76 valence electrons. The molecule has 0 bridgehead atoms. The lowest BCUT2D eigenvalue weighted by Crippen LogP contribution is -2.23. The molecule has 1 aromatic heterocycles. The summed E-state index contributed by atoms with van der Waals surface area (Å²) in [6.45, 7) is 5.76. The van der Waals surface area contributed by atoms with Gasteiger partial charge in [0.25, 0.3) is 0 Å². The van der Waals surface area contributed by atoms with Crippen LogP contribution in [0, 0.1) is 0 Å². The van der Waals surface area contributed by atoms with E-state index in [1.165, 1.54) is 6.20 Å². The Bertz CT molecular complexity index is 342. The highest BCUT2D eigenvalue weighted by Gasteiger charge is 2.12. The van der Waals surface area contributed by atoms with Crippen molar-refractivity contribution in [2.45, 2.75) is 26.4 Å². The highest BCUT2D eigenvalue weighted by Crippen LogP contribution is 2.17. The molecule has 0 spiro atoms. The molecule has 0 aliphatic rings. The lowest BCUT2D eigenvalue weighted by Gasteiger charge is -2.20. The summed E-state index contributed by atoms with van der Waals surface area (Å²) in [4.78, 5) is 14.7. The molecule has 1 aromatic rings. The minimum Gasteiger partial charge on any atom is -0.487 e. The van der Waals surface area contributed by atoms with Gasteiger partial charge in [-0.25, -0.2) is 0 Å². The third-order valence-electron chi connectivity index (χ3n) is 1.42. The third-order valence-corrected chi connectivity index (χ3v) is 1.42. The molecule has 0 fully saturated rings. The van der Waals surface area contributed by atoms with Crippen LogP contribution in [0.4, 0.5) is 0 Å². The molecule has 0 aliphatic carbocycles. The molecule has 4 heteroatoms. The Hall–Kier alpha value is -1.58. The van der Waals surface area contributed by atoms with E-state index in [1.807, 2.05) is 20.8 Å². The van der Waals surface area contributed by atoms with E-state index >= 15 is 0 Å². The largest absolute Gasteiger partial charge is 0.487 e. The van der Waals surface area contributed by atoms with Crippen molar-refractivity contribution >= 4 is 5.91 Å². The van der Waals surface area contributed by atoms with Gasteiger partial charge in [-0.1, -0.05) is 0 Å². The van der Waals surface area contributed by atoms with Crippen LogP contribution in [0.15, 0.2) is 18.5 Å². The van der Waals surface area contributed by atoms with Crippen LogP contribution >= 0.6 is 0 Å². The molecular formula is C10H14N2O2. The number of rotatable bonds is 2. The van der Waals surface area contributed by atoms with Gasteiger partial charge in [-0.15, -0.1) is 0 Å². The summed E-state index contributed by atoms with van der Waals surface area (Å²) in [5.41, 5.74) is 5.16. The molecule has 0 saturated heterocycles. The van der Waals surface area contributed by atoms with Crippen molar-refractivity contribution < 1.29 is 9.53 Å². The molecule has 0 radical (unpaired) electrons. The molecule has 1 amide bonds. The highest BCUT2D eigenvalue weighted by molar-refractivity contribution is 5.92. The first kappa shape index (κ1) is 10.5. The molecule has 0 saturated carbocycles. The summed E-state index contributed by atoms with van der Waals surface area (Å²) in [7, 11) is 0. The Morgan fingerprint density at radius 3 is 2.57 bits per heavy atom. The summed E-state index contributed by atoms with van der Waals surface area (Å²) < 4.78 is 5.52. The van der Waals surface area contributed by atoms with Crippen LogP contribution in [0.5, 0.6) is 5.75 Å². The molecular weight excluding hydrogens is 180 g/mol. The number of nitrogens with zero attached hydrogens (tertiary/aromatic N) is 1. The number of primary amides is 1. The number of carbonyl (C=O) groups excluding carboxylic acids is 1. The van der Waals surface area contributed by atoms with Crippen LogP contribution in [-0.4, -0.2) is 16.5 Å². The van der Waals surface area contributed by atoms with E-state index in [0.29, 0.717) is 11.3 Å². The predicted octanol–water partition coefficient (Wildman–Crippen LogP) is 1.36. The van der Waals surface area contributed by atoms with Crippen LogP contribution in [0.3, 0.4) is 0 Å². The van der Waals surface area contributed by atoms with Crippen LogP contribution in [-0.2, 0) is 0 Å². The van der Waals surface area contributed by atoms with Gasteiger partial charge in [-0.2, -0.15) is 0 Å². The summed E-state index contributed by atoms with van der Waals surface area (Å²) in [6.07, 6.45) is 2.97. The van der Waals surface area contributed by atoms with Gasteiger partial charge in [0.15, 0.2) is 0 Å². The Morgan fingerprint density at radius 2 is 2.07 bits per heavy atom. The smallest absolute Gasteiger partial charge is 0.250 e. The standard InChI is InChI=1S/C10H14N2O2/c1-10(2,3)14-8-4-7(9(11)13)5-12-6-8/h4-6H,1-3H3,(H2,11,13). The zero-order chi connectivity index (χ0) is 10.8. The Morgan fingerprint density at radius 1 is 1.43 bits per heavy atom. The molecule has 1 rings (SSSR count). The Balaban J connectivity index is 2.89. The first-order valence-corrected chi connectivity index (χ1v) is 4.32. The maximum Gasteiger partial charge on any atom is 0.250 e. The fourth-order valence-electron chi connectivity index (χ4n) is 0.963. The SMILES string of the molecule is CC(C)(C)Oc1cncc(C(N)=O)c1. The monoisotopic (exact) mass is 194 g/mol. The Labute approximate surface area is 83.1 Å². The van der Waals surface area contributed by atoms with Gasteiger partial charge in [-0.05, 0) is 26.8 Å². The predicted molar refractivity (Wildman–Crippen MR) is 53.1 cm³/mol. The molecule has 0 atom stereocenters. The number of carbonyl (C=O) groups is 1. The fraction of sp³-hybridized carbons (Fsp3) is 0.400. The number of hydrogen-bond acceptors (Lipinski definition) is 3. The molecule has 2 N–H and O–H groups in total. The number of ether oxygens (including phenoxy) is 1. The quantitative estimate of drug-likeness (QED) is 0.773. The number of amides is 1. The van der Waals surface area contributed by atoms with Crippen LogP contribution in [0.1, 0.15) is 31.1 Å². The number of hydrogen-bond donors (Lipinski definition) is 1. The van der Waals surface area contributed by atoms with Crippen molar-refractivity contribution in [2.75, 3.05) is 0 Å². The van der Waals surface area contributed by atoms with Crippen molar-refractivity contribution in [3.63, 3.8) is 0 Å². The maximum absolute atomic E-state index is 10.8. The summed E-state index contributed by atoms with van der Waals surface area (Å²) in [6, 6.07) is 1.58. The van der Waals surface area contributed by atoms with Gasteiger partial charge >= 0.3 is 0 Å². The van der Waals surface area contributed by atoms with Gasteiger partial charge in [0.05, 0.1) is 11.8 Å². The zero-order valence-corrected chi connectivity index (χ0v) is 8.57. The van der Waals surface area contributed by atoms with Crippen molar-refractivity contribution in [1.29, 1.82) is 0 Å². The van der Waals surface area contributed by atoms with E-state index in [1.54, 1.807) is 12.3 Å². The van der Waals surface area contributed by atoms with Crippen molar-refractivity contribution in [3.05, 3.63) is 24.0 Å². The first-order chi connectivity index (χ1) is 6.38. The van der Waals surface area contributed by atoms with E-state index in [-0.39, 0.29) is 5.60 Å². The molecule has 0 unspecified atom stereocenters. The summed E-state index contributed by atoms with van der Waals surface area (Å²) in [5, 5.41) is 0. The first-order valence-electron chi connectivity index (χ1n) is 4.32. The second-order valence-corrected chi connectivity index (χ2v) is 3.99.